The largest absolute Gasteiger partial charge is 0.244 e. The molecule has 2 atom stereocenters. The summed E-state index contributed by atoms with van der Waals surface area (Å²) in [4.78, 5) is 0.318. The molecule has 136 valence electrons. The van der Waals surface area contributed by atoms with Gasteiger partial charge in [0.05, 0.1) is 17.0 Å². The molecular weight excluding hydrogens is 354 g/mol. The molecule has 0 bridgehead atoms. The fourth-order valence-corrected chi connectivity index (χ4v) is 5.21. The quantitative estimate of drug-likeness (QED) is 0.599. The zero-order chi connectivity index (χ0) is 18.9. The SMILES string of the molecule is Cc1ccc(S(=O)(=O)N2[C@@H](c3ccccc3)C=C[C@H]2c2ccccc2)cc1. The van der Waals surface area contributed by atoms with E-state index in [4.69, 9.17) is 0 Å². The number of hydrogen-bond donors (Lipinski definition) is 0. The van der Waals surface area contributed by atoms with Crippen LogP contribution in [0.3, 0.4) is 0 Å². The second-order valence-corrected chi connectivity index (χ2v) is 8.59. The first-order valence-corrected chi connectivity index (χ1v) is 10.4. The van der Waals surface area contributed by atoms with Gasteiger partial charge in [-0.25, -0.2) is 8.42 Å². The molecule has 0 aliphatic carbocycles. The Morgan fingerprint density at radius 2 is 1.11 bits per heavy atom. The Morgan fingerprint density at radius 1 is 0.667 bits per heavy atom. The molecule has 0 saturated carbocycles. The highest BCUT2D eigenvalue weighted by Crippen LogP contribution is 2.42. The average molecular weight is 375 g/mol. The van der Waals surface area contributed by atoms with Gasteiger partial charge < -0.3 is 0 Å². The van der Waals surface area contributed by atoms with Gasteiger partial charge in [-0.15, -0.1) is 0 Å². The van der Waals surface area contributed by atoms with E-state index in [0.717, 1.165) is 16.7 Å². The van der Waals surface area contributed by atoms with E-state index in [9.17, 15) is 8.42 Å². The van der Waals surface area contributed by atoms with Crippen LogP contribution in [0.5, 0.6) is 0 Å². The zero-order valence-corrected chi connectivity index (χ0v) is 15.9. The van der Waals surface area contributed by atoms with Crippen molar-refractivity contribution in [3.63, 3.8) is 0 Å². The van der Waals surface area contributed by atoms with Crippen molar-refractivity contribution in [2.24, 2.45) is 0 Å². The second-order valence-electron chi connectivity index (χ2n) is 6.74. The van der Waals surface area contributed by atoms with Gasteiger partial charge in [0, 0.05) is 0 Å². The normalized spacial score (nSPS) is 20.0. The van der Waals surface area contributed by atoms with Crippen LogP contribution in [0.2, 0.25) is 0 Å². The Bertz CT molecular complexity index is 993. The fraction of sp³-hybridized carbons (Fsp3) is 0.130. The highest BCUT2D eigenvalue weighted by atomic mass is 32.2. The average Bonchev–Trinajstić information content (AvgIpc) is 3.16. The summed E-state index contributed by atoms with van der Waals surface area (Å²) in [6.07, 6.45) is 3.97. The van der Waals surface area contributed by atoms with Gasteiger partial charge in [0.1, 0.15) is 0 Å². The van der Waals surface area contributed by atoms with Gasteiger partial charge in [-0.05, 0) is 30.2 Å². The summed E-state index contributed by atoms with van der Waals surface area (Å²) in [6, 6.07) is 25.9. The molecule has 0 fully saturated rings. The number of sulfonamides is 1. The molecule has 3 aromatic rings. The van der Waals surface area contributed by atoms with Crippen molar-refractivity contribution in [1.82, 2.24) is 4.31 Å². The summed E-state index contributed by atoms with van der Waals surface area (Å²) < 4.78 is 28.8. The van der Waals surface area contributed by atoms with Crippen LogP contribution < -0.4 is 0 Å². The van der Waals surface area contributed by atoms with Gasteiger partial charge in [0.25, 0.3) is 0 Å². The van der Waals surface area contributed by atoms with Crippen LogP contribution in [0.25, 0.3) is 0 Å². The maximum Gasteiger partial charge on any atom is 0.244 e. The lowest BCUT2D eigenvalue weighted by Gasteiger charge is -2.30. The summed E-state index contributed by atoms with van der Waals surface area (Å²) in [7, 11) is -3.68. The first-order chi connectivity index (χ1) is 13.1. The third kappa shape index (κ3) is 3.34. The highest BCUT2D eigenvalue weighted by Gasteiger charge is 2.40. The van der Waals surface area contributed by atoms with Gasteiger partial charge in [0.2, 0.25) is 10.0 Å². The molecule has 3 aromatic carbocycles. The van der Waals surface area contributed by atoms with Gasteiger partial charge in [-0.3, -0.25) is 0 Å². The minimum Gasteiger partial charge on any atom is -0.207 e. The van der Waals surface area contributed by atoms with Crippen LogP contribution in [0.4, 0.5) is 0 Å². The number of aryl methyl sites for hydroxylation is 1. The van der Waals surface area contributed by atoms with Crippen LogP contribution in [-0.4, -0.2) is 12.7 Å². The van der Waals surface area contributed by atoms with E-state index in [0.29, 0.717) is 4.90 Å². The summed E-state index contributed by atoms with van der Waals surface area (Å²) in [5.41, 5.74) is 2.96. The van der Waals surface area contributed by atoms with Gasteiger partial charge in [-0.1, -0.05) is 90.5 Å². The smallest absolute Gasteiger partial charge is 0.207 e. The molecule has 0 N–H and O–H groups in total. The molecule has 1 aliphatic heterocycles. The highest BCUT2D eigenvalue weighted by molar-refractivity contribution is 7.89. The van der Waals surface area contributed by atoms with Gasteiger partial charge in [-0.2, -0.15) is 4.31 Å². The Morgan fingerprint density at radius 3 is 1.56 bits per heavy atom. The number of hydrogen-bond acceptors (Lipinski definition) is 2. The Labute approximate surface area is 160 Å². The molecule has 3 nitrogen and oxygen atoms in total. The Balaban J connectivity index is 1.83. The van der Waals surface area contributed by atoms with Crippen LogP contribution in [0.15, 0.2) is 102 Å². The summed E-state index contributed by atoms with van der Waals surface area (Å²) in [5, 5.41) is 0. The third-order valence-corrected chi connectivity index (χ3v) is 6.78. The van der Waals surface area contributed by atoms with Crippen molar-refractivity contribution < 1.29 is 8.42 Å². The van der Waals surface area contributed by atoms with Crippen molar-refractivity contribution >= 4 is 10.0 Å². The van der Waals surface area contributed by atoms with E-state index in [1.807, 2.05) is 91.9 Å². The predicted molar refractivity (Wildman–Crippen MR) is 108 cm³/mol. The Hall–Kier alpha value is -2.69. The molecule has 1 aliphatic rings. The van der Waals surface area contributed by atoms with Gasteiger partial charge in [0.15, 0.2) is 0 Å². The lowest BCUT2D eigenvalue weighted by molar-refractivity contribution is 0.350. The van der Waals surface area contributed by atoms with Crippen molar-refractivity contribution in [3.05, 3.63) is 114 Å². The third-order valence-electron chi connectivity index (χ3n) is 4.90. The van der Waals surface area contributed by atoms with Crippen LogP contribution in [-0.2, 0) is 10.0 Å². The molecule has 0 amide bonds. The van der Waals surface area contributed by atoms with E-state index in [2.05, 4.69) is 0 Å². The second kappa shape index (κ2) is 7.14. The standard InChI is InChI=1S/C23H21NO2S/c1-18-12-14-21(15-13-18)27(25,26)24-22(19-8-4-2-5-9-19)16-17-23(24)20-10-6-3-7-11-20/h2-17,22-23H,1H3/t22-,23+. The topological polar surface area (TPSA) is 37.4 Å². The first-order valence-electron chi connectivity index (χ1n) is 8.96. The van der Waals surface area contributed by atoms with Crippen LogP contribution in [0, 0.1) is 6.92 Å². The molecule has 0 saturated heterocycles. The number of benzene rings is 3. The van der Waals surface area contributed by atoms with E-state index in [-0.39, 0.29) is 12.1 Å². The summed E-state index contributed by atoms with van der Waals surface area (Å²) in [5.74, 6) is 0. The van der Waals surface area contributed by atoms with E-state index in [1.165, 1.54) is 0 Å². The van der Waals surface area contributed by atoms with E-state index >= 15 is 0 Å². The fourth-order valence-electron chi connectivity index (χ4n) is 3.50. The van der Waals surface area contributed by atoms with Crippen molar-refractivity contribution in [2.45, 2.75) is 23.9 Å². The van der Waals surface area contributed by atoms with Gasteiger partial charge >= 0.3 is 0 Å². The minimum atomic E-state index is -3.68. The van der Waals surface area contributed by atoms with Crippen molar-refractivity contribution in [1.29, 1.82) is 0 Å². The van der Waals surface area contributed by atoms with Crippen molar-refractivity contribution in [3.8, 4) is 0 Å². The lowest BCUT2D eigenvalue weighted by atomic mass is 10.1. The number of rotatable bonds is 4. The molecule has 1 heterocycles. The summed E-state index contributed by atoms with van der Waals surface area (Å²) >= 11 is 0. The predicted octanol–water partition coefficient (Wildman–Crippen LogP) is 5.04. The molecular formula is C23H21NO2S. The van der Waals surface area contributed by atoms with Crippen LogP contribution in [0.1, 0.15) is 28.8 Å². The molecule has 4 rings (SSSR count). The molecule has 0 aromatic heterocycles. The molecule has 4 heteroatoms. The minimum absolute atomic E-state index is 0.318. The monoisotopic (exact) mass is 375 g/mol. The molecule has 0 radical (unpaired) electrons. The molecule has 0 spiro atoms. The Kier molecular flexibility index (Phi) is 4.68. The van der Waals surface area contributed by atoms with E-state index < -0.39 is 10.0 Å². The van der Waals surface area contributed by atoms with Crippen LogP contribution >= 0.6 is 0 Å². The summed E-state index contributed by atoms with van der Waals surface area (Å²) in [6.45, 7) is 1.95. The molecule has 0 unspecified atom stereocenters. The first kappa shape index (κ1) is 17.7. The molecule has 27 heavy (non-hydrogen) atoms. The van der Waals surface area contributed by atoms with E-state index in [1.54, 1.807) is 16.4 Å². The lowest BCUT2D eigenvalue weighted by Crippen LogP contribution is -2.33. The number of nitrogens with zero attached hydrogens (tertiary/aromatic N) is 1. The maximum absolute atomic E-state index is 13.6. The maximum atomic E-state index is 13.6. The zero-order valence-electron chi connectivity index (χ0n) is 15.1. The van der Waals surface area contributed by atoms with Crippen molar-refractivity contribution in [2.75, 3.05) is 0 Å².